The van der Waals surface area contributed by atoms with Crippen LogP contribution in [0, 0.1) is 0 Å². The maximum Gasteiger partial charge on any atom is 0.308 e. The normalized spacial score (nSPS) is 13.1. The van der Waals surface area contributed by atoms with Crippen molar-refractivity contribution in [2.24, 2.45) is 4.99 Å². The van der Waals surface area contributed by atoms with Crippen molar-refractivity contribution >= 4 is 50.4 Å². The molecule has 1 amide bonds. The van der Waals surface area contributed by atoms with Crippen LogP contribution in [0.5, 0.6) is 11.5 Å². The number of halogens is 1. The van der Waals surface area contributed by atoms with Crippen molar-refractivity contribution in [3.05, 3.63) is 62.3 Å². The molecule has 0 unspecified atom stereocenters. The second-order valence-electron chi connectivity index (χ2n) is 7.54. The van der Waals surface area contributed by atoms with E-state index < -0.39 is 5.97 Å². The number of furan rings is 1. The van der Waals surface area contributed by atoms with Gasteiger partial charge in [-0.3, -0.25) is 9.59 Å². The molecule has 0 atom stereocenters. The van der Waals surface area contributed by atoms with Crippen molar-refractivity contribution in [1.29, 1.82) is 0 Å². The molecular weight excluding hydrogens is 508 g/mol. The number of thiophene rings is 1. The molecule has 172 valence electrons. The Kier molecular flexibility index (Phi) is 7.29. The van der Waals surface area contributed by atoms with Crippen LogP contribution in [0.3, 0.4) is 0 Å². The molecular formula is C24H23BrN2O5S. The number of aryl methyl sites for hydroxylation is 1. The predicted octanol–water partition coefficient (Wildman–Crippen LogP) is 5.60. The van der Waals surface area contributed by atoms with Crippen LogP contribution in [0.15, 0.2) is 44.4 Å². The van der Waals surface area contributed by atoms with E-state index in [0.29, 0.717) is 38.8 Å². The fourth-order valence-electron chi connectivity index (χ4n) is 3.74. The van der Waals surface area contributed by atoms with E-state index in [9.17, 15) is 9.59 Å². The lowest BCUT2D eigenvalue weighted by atomic mass is 9.95. The maximum atomic E-state index is 13.1. The third-order valence-electron chi connectivity index (χ3n) is 5.21. The van der Waals surface area contributed by atoms with Crippen LogP contribution in [0.2, 0.25) is 0 Å². The molecule has 33 heavy (non-hydrogen) atoms. The maximum absolute atomic E-state index is 13.1. The number of methoxy groups -OCH3 is 1. The average Bonchev–Trinajstić information content (AvgIpc) is 3.44. The van der Waals surface area contributed by atoms with Crippen LogP contribution < -0.4 is 14.8 Å². The molecule has 0 spiro atoms. The van der Waals surface area contributed by atoms with Crippen molar-refractivity contribution in [2.75, 3.05) is 7.11 Å². The fraction of sp³-hybridized carbons (Fsp3) is 0.292. The van der Waals surface area contributed by atoms with Crippen LogP contribution in [0.4, 0.5) is 5.00 Å². The summed E-state index contributed by atoms with van der Waals surface area (Å²) in [5.74, 6) is 0.823. The molecule has 0 bridgehead atoms. The average molecular weight is 531 g/mol. The van der Waals surface area contributed by atoms with E-state index in [1.165, 1.54) is 18.9 Å². The first-order chi connectivity index (χ1) is 16.0. The number of benzene rings is 1. The molecule has 0 radical (unpaired) electrons. The number of ether oxygens (including phenoxy) is 2. The van der Waals surface area contributed by atoms with Gasteiger partial charge in [0.2, 0.25) is 0 Å². The van der Waals surface area contributed by atoms with Gasteiger partial charge < -0.3 is 19.2 Å². The van der Waals surface area contributed by atoms with Gasteiger partial charge in [0, 0.05) is 18.0 Å². The summed E-state index contributed by atoms with van der Waals surface area (Å²) in [5.41, 5.74) is 2.47. The molecule has 2 heterocycles. The van der Waals surface area contributed by atoms with E-state index >= 15 is 0 Å². The number of fused-ring (bicyclic) bond motifs is 1. The van der Waals surface area contributed by atoms with Crippen LogP contribution in [-0.4, -0.2) is 25.2 Å². The molecule has 0 aliphatic heterocycles. The van der Waals surface area contributed by atoms with Crippen molar-refractivity contribution < 1.29 is 23.5 Å². The number of amides is 1. The largest absolute Gasteiger partial charge is 0.493 e. The number of aliphatic imine (C=N–C) groups is 1. The number of carbonyl (C=O) groups is 2. The Morgan fingerprint density at radius 2 is 2.12 bits per heavy atom. The lowest BCUT2D eigenvalue weighted by Gasteiger charge is -2.12. The molecule has 1 aliphatic carbocycles. The number of esters is 1. The fourth-order valence-corrected chi connectivity index (χ4v) is 5.51. The third-order valence-corrected chi connectivity index (χ3v) is 7.00. The van der Waals surface area contributed by atoms with E-state index in [1.54, 1.807) is 42.0 Å². The smallest absolute Gasteiger partial charge is 0.308 e. The number of carbonyl (C=O) groups excluding carboxylic acids is 2. The van der Waals surface area contributed by atoms with Crippen molar-refractivity contribution in [3.63, 3.8) is 0 Å². The summed E-state index contributed by atoms with van der Waals surface area (Å²) in [6.45, 7) is 1.65. The highest BCUT2D eigenvalue weighted by Crippen LogP contribution is 2.40. The first-order valence-corrected chi connectivity index (χ1v) is 12.1. The van der Waals surface area contributed by atoms with Gasteiger partial charge in [-0.05, 0) is 77.0 Å². The van der Waals surface area contributed by atoms with Gasteiger partial charge in [-0.1, -0.05) is 0 Å². The molecule has 1 aliphatic rings. The molecule has 0 fully saturated rings. The molecule has 1 aromatic carbocycles. The Bertz CT molecular complexity index is 1200. The molecule has 7 nitrogen and oxygen atoms in total. The minimum absolute atomic E-state index is 0.151. The van der Waals surface area contributed by atoms with E-state index in [0.717, 1.165) is 36.8 Å². The summed E-state index contributed by atoms with van der Waals surface area (Å²) in [7, 11) is 1.50. The zero-order valence-electron chi connectivity index (χ0n) is 18.3. The number of rotatable bonds is 7. The Morgan fingerprint density at radius 3 is 2.85 bits per heavy atom. The molecule has 4 rings (SSSR count). The zero-order valence-corrected chi connectivity index (χ0v) is 20.7. The van der Waals surface area contributed by atoms with Crippen LogP contribution >= 0.6 is 27.3 Å². The highest BCUT2D eigenvalue weighted by atomic mass is 79.9. The first-order valence-electron chi connectivity index (χ1n) is 10.5. The van der Waals surface area contributed by atoms with Gasteiger partial charge in [-0.2, -0.15) is 0 Å². The van der Waals surface area contributed by atoms with E-state index in [-0.39, 0.29) is 5.91 Å². The minimum Gasteiger partial charge on any atom is -0.493 e. The molecule has 1 N–H and O–H groups in total. The van der Waals surface area contributed by atoms with Gasteiger partial charge in [0.1, 0.15) is 10.8 Å². The monoisotopic (exact) mass is 530 g/mol. The quantitative estimate of drug-likeness (QED) is 0.244. The molecule has 0 saturated heterocycles. The van der Waals surface area contributed by atoms with Crippen molar-refractivity contribution in [1.82, 2.24) is 5.32 Å². The number of hydrogen-bond donors (Lipinski definition) is 1. The highest BCUT2D eigenvalue weighted by molar-refractivity contribution is 9.10. The minimum atomic E-state index is -0.440. The lowest BCUT2D eigenvalue weighted by molar-refractivity contribution is -0.132. The van der Waals surface area contributed by atoms with E-state index in [2.05, 4.69) is 26.2 Å². The van der Waals surface area contributed by atoms with Crippen LogP contribution in [0.1, 0.15) is 51.9 Å². The molecule has 9 heteroatoms. The van der Waals surface area contributed by atoms with Gasteiger partial charge in [-0.15, -0.1) is 11.3 Å². The second-order valence-corrected chi connectivity index (χ2v) is 9.48. The summed E-state index contributed by atoms with van der Waals surface area (Å²) < 4.78 is 16.5. The van der Waals surface area contributed by atoms with Crippen molar-refractivity contribution in [3.8, 4) is 11.5 Å². The van der Waals surface area contributed by atoms with E-state index in [1.807, 2.05) is 6.07 Å². The van der Waals surface area contributed by atoms with Gasteiger partial charge in [0.15, 0.2) is 11.5 Å². The summed E-state index contributed by atoms with van der Waals surface area (Å²) in [6, 6.07) is 7.14. The highest BCUT2D eigenvalue weighted by Gasteiger charge is 2.25. The number of hydrogen-bond acceptors (Lipinski definition) is 7. The Morgan fingerprint density at radius 1 is 1.30 bits per heavy atom. The standard InChI is InChI=1S/C24H23BrN2O5S/c1-14(28)32-22-18(25)10-15(11-19(22)30-2)12-27-24-21(17-7-3-4-8-20(17)33-24)23(29)26-13-16-6-5-9-31-16/h5-6,9-12H,3-4,7-8,13H2,1-2H3,(H,26,29). The van der Waals surface area contributed by atoms with Gasteiger partial charge >= 0.3 is 5.97 Å². The van der Waals surface area contributed by atoms with Gasteiger partial charge in [-0.25, -0.2) is 4.99 Å². The Labute approximate surface area is 203 Å². The molecule has 0 saturated carbocycles. The summed E-state index contributed by atoms with van der Waals surface area (Å²) >= 11 is 4.99. The molecule has 3 aromatic rings. The molecule has 2 aromatic heterocycles. The summed E-state index contributed by atoms with van der Waals surface area (Å²) in [4.78, 5) is 30.4. The Hall–Kier alpha value is -2.91. The Balaban J connectivity index is 1.63. The first kappa shape index (κ1) is 23.3. The van der Waals surface area contributed by atoms with E-state index in [4.69, 9.17) is 13.9 Å². The summed E-state index contributed by atoms with van der Waals surface area (Å²) in [6.07, 6.45) is 7.29. The predicted molar refractivity (Wildman–Crippen MR) is 130 cm³/mol. The number of nitrogens with zero attached hydrogens (tertiary/aromatic N) is 1. The van der Waals surface area contributed by atoms with Crippen molar-refractivity contribution in [2.45, 2.75) is 39.2 Å². The van der Waals surface area contributed by atoms with Gasteiger partial charge in [0.25, 0.3) is 5.91 Å². The second kappa shape index (κ2) is 10.4. The zero-order chi connectivity index (χ0) is 23.4. The lowest BCUT2D eigenvalue weighted by Crippen LogP contribution is -2.23. The van der Waals surface area contributed by atoms with Crippen LogP contribution in [0.25, 0.3) is 0 Å². The SMILES string of the molecule is COc1cc(C=Nc2sc3c(c2C(=O)NCc2ccco2)CCCC3)cc(Br)c1OC(C)=O. The summed E-state index contributed by atoms with van der Waals surface area (Å²) in [5, 5.41) is 3.63. The topological polar surface area (TPSA) is 90.1 Å². The number of nitrogens with one attached hydrogen (secondary N) is 1. The third kappa shape index (κ3) is 5.36. The van der Waals surface area contributed by atoms with Crippen LogP contribution in [-0.2, 0) is 24.2 Å². The van der Waals surface area contributed by atoms with Gasteiger partial charge in [0.05, 0.1) is 30.0 Å².